The van der Waals surface area contributed by atoms with Crippen LogP contribution in [0, 0.1) is 0 Å². The lowest BCUT2D eigenvalue weighted by molar-refractivity contribution is -0.124. The molecule has 2 N–H and O–H groups in total. The van der Waals surface area contributed by atoms with Crippen molar-refractivity contribution in [2.75, 3.05) is 5.32 Å². The van der Waals surface area contributed by atoms with Crippen LogP contribution in [-0.2, 0) is 16.2 Å². The quantitative estimate of drug-likeness (QED) is 0.842. The van der Waals surface area contributed by atoms with Crippen LogP contribution < -0.4 is 15.4 Å². The number of amides is 2. The predicted octanol–water partition coefficient (Wildman–Crippen LogP) is 3.38. The van der Waals surface area contributed by atoms with Crippen molar-refractivity contribution in [3.8, 4) is 5.75 Å². The minimum Gasteiger partial charge on any atom is -0.487 e. The Balaban J connectivity index is 2.04. The highest BCUT2D eigenvalue weighted by atomic mass is 35.5. The molecular weight excluding hydrogens is 328 g/mol. The van der Waals surface area contributed by atoms with E-state index in [1.807, 2.05) is 24.3 Å². The van der Waals surface area contributed by atoms with Crippen molar-refractivity contribution in [1.29, 1.82) is 0 Å². The number of benzene rings is 2. The lowest BCUT2D eigenvalue weighted by atomic mass is 10.2. The Bertz CT molecular complexity index is 734. The molecule has 1 atom stereocenters. The van der Waals surface area contributed by atoms with Gasteiger partial charge in [0.2, 0.25) is 11.8 Å². The van der Waals surface area contributed by atoms with Gasteiger partial charge < -0.3 is 15.4 Å². The molecule has 0 saturated heterocycles. The van der Waals surface area contributed by atoms with Crippen molar-refractivity contribution < 1.29 is 14.3 Å². The number of para-hydroxylation sites is 2. The highest BCUT2D eigenvalue weighted by Crippen LogP contribution is 2.25. The molecule has 2 aromatic carbocycles. The molecule has 1 unspecified atom stereocenters. The molecular formula is C18H19ClN2O3. The fourth-order valence-corrected chi connectivity index (χ4v) is 2.31. The average Bonchev–Trinajstić information content (AvgIpc) is 2.53. The average molecular weight is 347 g/mol. The number of rotatable bonds is 6. The summed E-state index contributed by atoms with van der Waals surface area (Å²) in [6.45, 7) is 3.31. The molecule has 0 spiro atoms. The molecule has 2 rings (SSSR count). The van der Waals surface area contributed by atoms with E-state index in [0.29, 0.717) is 23.1 Å². The Morgan fingerprint density at radius 1 is 1.17 bits per heavy atom. The zero-order chi connectivity index (χ0) is 17.5. The first-order chi connectivity index (χ1) is 11.5. The maximum Gasteiger partial charge on any atom is 0.246 e. The molecule has 0 radical (unpaired) electrons. The zero-order valence-electron chi connectivity index (χ0n) is 13.5. The van der Waals surface area contributed by atoms with Gasteiger partial charge in [0.15, 0.2) is 0 Å². The Hall–Kier alpha value is -2.53. The fourth-order valence-electron chi connectivity index (χ4n) is 2.10. The summed E-state index contributed by atoms with van der Waals surface area (Å²) < 4.78 is 5.78. The van der Waals surface area contributed by atoms with Gasteiger partial charge in [0, 0.05) is 11.9 Å². The Labute approximate surface area is 146 Å². The van der Waals surface area contributed by atoms with E-state index >= 15 is 0 Å². The number of ether oxygens (including phenoxy) is 1. The molecule has 5 nitrogen and oxygen atoms in total. The summed E-state index contributed by atoms with van der Waals surface area (Å²) in [5.41, 5.74) is 1.47. The van der Waals surface area contributed by atoms with Crippen LogP contribution in [0.3, 0.4) is 0 Å². The van der Waals surface area contributed by atoms with E-state index in [2.05, 4.69) is 10.6 Å². The second-order valence-electron chi connectivity index (χ2n) is 5.33. The minimum atomic E-state index is -0.636. The lowest BCUT2D eigenvalue weighted by Gasteiger charge is -2.16. The van der Waals surface area contributed by atoms with Gasteiger partial charge in [-0.2, -0.15) is 0 Å². The molecule has 2 amide bonds. The molecule has 2 aromatic rings. The van der Waals surface area contributed by atoms with Gasteiger partial charge in [0.05, 0.1) is 5.69 Å². The monoisotopic (exact) mass is 346 g/mol. The molecule has 0 aliphatic carbocycles. The highest BCUT2D eigenvalue weighted by molar-refractivity contribution is 6.30. The summed E-state index contributed by atoms with van der Waals surface area (Å²) in [5.74, 6) is -0.0343. The van der Waals surface area contributed by atoms with E-state index in [1.165, 1.54) is 6.92 Å². The Kier molecular flexibility index (Phi) is 6.21. The normalized spacial score (nSPS) is 11.5. The molecule has 0 saturated carbocycles. The van der Waals surface area contributed by atoms with E-state index in [9.17, 15) is 9.59 Å². The van der Waals surface area contributed by atoms with Gasteiger partial charge in [-0.1, -0.05) is 35.9 Å². The first-order valence-electron chi connectivity index (χ1n) is 7.50. The number of halogens is 1. The van der Waals surface area contributed by atoms with Crippen LogP contribution in [0.25, 0.3) is 0 Å². The second-order valence-corrected chi connectivity index (χ2v) is 5.76. The van der Waals surface area contributed by atoms with Crippen molar-refractivity contribution in [2.24, 2.45) is 0 Å². The first kappa shape index (κ1) is 17.8. The standard InChI is InChI=1S/C18H19ClN2O3/c1-12(20-13(2)22)18(23)21-16-8-3-4-9-17(16)24-11-14-6-5-7-15(19)10-14/h3-10,12H,11H2,1-2H3,(H,20,22)(H,21,23). The van der Waals surface area contributed by atoms with Gasteiger partial charge in [0.1, 0.15) is 18.4 Å². The maximum atomic E-state index is 12.1. The SMILES string of the molecule is CC(=O)NC(C)C(=O)Nc1ccccc1OCc1cccc(Cl)c1. The lowest BCUT2D eigenvalue weighted by Crippen LogP contribution is -2.40. The van der Waals surface area contributed by atoms with Crippen molar-refractivity contribution >= 4 is 29.1 Å². The van der Waals surface area contributed by atoms with Gasteiger partial charge in [-0.05, 0) is 36.8 Å². The molecule has 0 aliphatic rings. The number of hydrogen-bond acceptors (Lipinski definition) is 3. The molecule has 0 aliphatic heterocycles. The summed E-state index contributed by atoms with van der Waals surface area (Å²) in [6, 6.07) is 13.9. The number of anilines is 1. The van der Waals surface area contributed by atoms with E-state index in [1.54, 1.807) is 31.2 Å². The Morgan fingerprint density at radius 3 is 2.62 bits per heavy atom. The molecule has 0 fully saturated rings. The predicted molar refractivity (Wildman–Crippen MR) is 94.1 cm³/mol. The minimum absolute atomic E-state index is 0.261. The van der Waals surface area contributed by atoms with Crippen LogP contribution in [0.1, 0.15) is 19.4 Å². The van der Waals surface area contributed by atoms with Crippen LogP contribution in [0.4, 0.5) is 5.69 Å². The summed E-state index contributed by atoms with van der Waals surface area (Å²) in [7, 11) is 0. The van der Waals surface area contributed by atoms with Crippen LogP contribution >= 0.6 is 11.6 Å². The smallest absolute Gasteiger partial charge is 0.246 e. The summed E-state index contributed by atoms with van der Waals surface area (Å²) >= 11 is 5.96. The van der Waals surface area contributed by atoms with E-state index in [0.717, 1.165) is 5.56 Å². The topological polar surface area (TPSA) is 67.4 Å². The second kappa shape index (κ2) is 8.36. The number of carbonyl (C=O) groups is 2. The van der Waals surface area contributed by atoms with Crippen LogP contribution in [0.5, 0.6) is 5.75 Å². The first-order valence-corrected chi connectivity index (χ1v) is 7.87. The third-order valence-corrected chi connectivity index (χ3v) is 3.48. The zero-order valence-corrected chi connectivity index (χ0v) is 14.3. The summed E-state index contributed by atoms with van der Waals surface area (Å²) in [4.78, 5) is 23.2. The summed E-state index contributed by atoms with van der Waals surface area (Å²) in [5, 5.41) is 5.94. The van der Waals surface area contributed by atoms with Gasteiger partial charge in [-0.15, -0.1) is 0 Å². The maximum absolute atomic E-state index is 12.1. The third-order valence-electron chi connectivity index (χ3n) is 3.24. The van der Waals surface area contributed by atoms with Gasteiger partial charge in [-0.3, -0.25) is 9.59 Å². The van der Waals surface area contributed by atoms with E-state index in [-0.39, 0.29) is 11.8 Å². The molecule has 6 heteroatoms. The number of carbonyl (C=O) groups excluding carboxylic acids is 2. The van der Waals surface area contributed by atoms with E-state index in [4.69, 9.17) is 16.3 Å². The van der Waals surface area contributed by atoms with Gasteiger partial charge in [0.25, 0.3) is 0 Å². The van der Waals surface area contributed by atoms with Gasteiger partial charge in [-0.25, -0.2) is 0 Å². The summed E-state index contributed by atoms with van der Waals surface area (Å²) in [6.07, 6.45) is 0. The van der Waals surface area contributed by atoms with Crippen molar-refractivity contribution in [3.05, 3.63) is 59.1 Å². The van der Waals surface area contributed by atoms with Crippen molar-refractivity contribution in [1.82, 2.24) is 5.32 Å². The molecule has 0 bridgehead atoms. The number of nitrogens with one attached hydrogen (secondary N) is 2. The van der Waals surface area contributed by atoms with Crippen molar-refractivity contribution in [3.63, 3.8) is 0 Å². The molecule has 126 valence electrons. The van der Waals surface area contributed by atoms with Gasteiger partial charge >= 0.3 is 0 Å². The molecule has 24 heavy (non-hydrogen) atoms. The highest BCUT2D eigenvalue weighted by Gasteiger charge is 2.15. The van der Waals surface area contributed by atoms with Crippen molar-refractivity contribution in [2.45, 2.75) is 26.5 Å². The van der Waals surface area contributed by atoms with Crippen LogP contribution in [-0.4, -0.2) is 17.9 Å². The van der Waals surface area contributed by atoms with E-state index < -0.39 is 6.04 Å². The Morgan fingerprint density at radius 2 is 1.92 bits per heavy atom. The largest absolute Gasteiger partial charge is 0.487 e. The van der Waals surface area contributed by atoms with Crippen LogP contribution in [0.2, 0.25) is 5.02 Å². The number of hydrogen-bond donors (Lipinski definition) is 2. The van der Waals surface area contributed by atoms with Crippen LogP contribution in [0.15, 0.2) is 48.5 Å². The molecule has 0 aromatic heterocycles. The third kappa shape index (κ3) is 5.28. The molecule has 0 heterocycles. The fraction of sp³-hybridized carbons (Fsp3) is 0.222.